The Bertz CT molecular complexity index is 450. The summed E-state index contributed by atoms with van der Waals surface area (Å²) in [7, 11) is 4.19. The fourth-order valence-electron chi connectivity index (χ4n) is 1.87. The van der Waals surface area contributed by atoms with Gasteiger partial charge in [0.1, 0.15) is 0 Å². The highest BCUT2D eigenvalue weighted by atomic mass is 15.0. The lowest BCUT2D eigenvalue weighted by Crippen LogP contribution is -2.15. The van der Waals surface area contributed by atoms with Gasteiger partial charge in [-0.25, -0.2) is 0 Å². The molecule has 0 fully saturated rings. The molecule has 1 aliphatic carbocycles. The average Bonchev–Trinajstić information content (AvgIpc) is 2.74. The molecular weight excluding hydrogens is 206 g/mol. The number of benzene rings is 1. The zero-order chi connectivity index (χ0) is 12.1. The standard InChI is InChI=1S/C16H18N/c1-17(2)13-16-10-6-9-15(16)12-11-14-7-4-3-5-8-14/h3-12H,13H2,1-2H3/q-1/b15-12-. The van der Waals surface area contributed by atoms with Gasteiger partial charge in [-0.15, -0.1) is 42.3 Å². The van der Waals surface area contributed by atoms with Gasteiger partial charge >= 0.3 is 0 Å². The summed E-state index contributed by atoms with van der Waals surface area (Å²) in [5.41, 5.74) is 3.93. The van der Waals surface area contributed by atoms with E-state index in [1.807, 2.05) is 6.07 Å². The van der Waals surface area contributed by atoms with E-state index in [2.05, 4.69) is 74.0 Å². The van der Waals surface area contributed by atoms with Crippen molar-refractivity contribution in [3.05, 3.63) is 77.8 Å². The van der Waals surface area contributed by atoms with Gasteiger partial charge in [-0.05, 0) is 14.1 Å². The van der Waals surface area contributed by atoms with Gasteiger partial charge in [-0.2, -0.15) is 0 Å². The Morgan fingerprint density at radius 3 is 2.65 bits per heavy atom. The van der Waals surface area contributed by atoms with Gasteiger partial charge in [-0.1, -0.05) is 35.4 Å². The second-order valence-corrected chi connectivity index (χ2v) is 4.49. The van der Waals surface area contributed by atoms with Crippen molar-refractivity contribution in [1.29, 1.82) is 0 Å². The molecule has 0 saturated heterocycles. The van der Waals surface area contributed by atoms with Gasteiger partial charge in [0.15, 0.2) is 0 Å². The van der Waals surface area contributed by atoms with Crippen LogP contribution in [0.25, 0.3) is 0 Å². The minimum Gasteiger partial charge on any atom is -0.306 e. The molecule has 2 rings (SSSR count). The predicted octanol–water partition coefficient (Wildman–Crippen LogP) is 3.22. The predicted molar refractivity (Wildman–Crippen MR) is 73.7 cm³/mol. The molecule has 17 heavy (non-hydrogen) atoms. The minimum absolute atomic E-state index is 0.988. The van der Waals surface area contributed by atoms with Crippen molar-refractivity contribution >= 4 is 0 Å². The Kier molecular flexibility index (Phi) is 3.84. The van der Waals surface area contributed by atoms with Crippen molar-refractivity contribution < 1.29 is 0 Å². The van der Waals surface area contributed by atoms with E-state index in [1.165, 1.54) is 16.7 Å². The second-order valence-electron chi connectivity index (χ2n) is 4.49. The van der Waals surface area contributed by atoms with Crippen LogP contribution in [0.15, 0.2) is 65.8 Å². The Hall–Kier alpha value is -1.73. The number of hydrogen-bond acceptors (Lipinski definition) is 1. The van der Waals surface area contributed by atoms with Gasteiger partial charge in [0, 0.05) is 6.54 Å². The van der Waals surface area contributed by atoms with Crippen LogP contribution in [0.1, 0.15) is 5.56 Å². The molecule has 1 aromatic rings. The van der Waals surface area contributed by atoms with Gasteiger partial charge in [-0.3, -0.25) is 0 Å². The molecule has 88 valence electrons. The summed E-state index contributed by atoms with van der Waals surface area (Å²) in [5, 5.41) is 0. The molecule has 0 atom stereocenters. The summed E-state index contributed by atoms with van der Waals surface area (Å²) in [6.45, 7) is 0.988. The molecule has 1 aromatic carbocycles. The summed E-state index contributed by atoms with van der Waals surface area (Å²) in [5.74, 6) is 0. The zero-order valence-corrected chi connectivity index (χ0v) is 10.4. The first kappa shape index (κ1) is 11.7. The molecule has 1 nitrogen and oxygen atoms in total. The first-order valence-electron chi connectivity index (χ1n) is 5.88. The van der Waals surface area contributed by atoms with Crippen LogP contribution in [-0.2, 0) is 0 Å². The van der Waals surface area contributed by atoms with E-state index in [-0.39, 0.29) is 0 Å². The minimum atomic E-state index is 0.988. The van der Waals surface area contributed by atoms with E-state index in [0.717, 1.165) is 6.54 Å². The Labute approximate surface area is 104 Å². The third-order valence-corrected chi connectivity index (χ3v) is 2.69. The number of rotatable bonds is 4. The molecule has 0 N–H and O–H groups in total. The van der Waals surface area contributed by atoms with E-state index in [0.29, 0.717) is 0 Å². The lowest BCUT2D eigenvalue weighted by atomic mass is 10.1. The smallest absolute Gasteiger partial charge is 0.0147 e. The number of likely N-dealkylation sites (N-methyl/N-ethyl adjacent to an activating group) is 1. The summed E-state index contributed by atoms with van der Waals surface area (Å²) < 4.78 is 0. The Balaban J connectivity index is 2.02. The zero-order valence-electron chi connectivity index (χ0n) is 10.4. The van der Waals surface area contributed by atoms with Gasteiger partial charge < -0.3 is 4.90 Å². The molecular formula is C16H18N-. The van der Waals surface area contributed by atoms with E-state index < -0.39 is 0 Å². The van der Waals surface area contributed by atoms with E-state index >= 15 is 0 Å². The van der Waals surface area contributed by atoms with Crippen molar-refractivity contribution in [2.24, 2.45) is 0 Å². The summed E-state index contributed by atoms with van der Waals surface area (Å²) in [6.07, 6.45) is 10.8. The number of allylic oxidation sites excluding steroid dienone is 4. The topological polar surface area (TPSA) is 3.24 Å². The highest BCUT2D eigenvalue weighted by Crippen LogP contribution is 2.20. The highest BCUT2D eigenvalue weighted by molar-refractivity contribution is 5.51. The first-order chi connectivity index (χ1) is 8.25. The van der Waals surface area contributed by atoms with E-state index in [9.17, 15) is 0 Å². The molecule has 0 amide bonds. The Morgan fingerprint density at radius 1 is 1.18 bits per heavy atom. The largest absolute Gasteiger partial charge is 0.306 e. The summed E-state index contributed by atoms with van der Waals surface area (Å²) in [4.78, 5) is 2.19. The van der Waals surface area contributed by atoms with Crippen molar-refractivity contribution in [1.82, 2.24) is 4.90 Å². The number of hydrogen-bond donors (Lipinski definition) is 0. The van der Waals surface area contributed by atoms with Crippen molar-refractivity contribution in [2.75, 3.05) is 20.6 Å². The summed E-state index contributed by atoms with van der Waals surface area (Å²) in [6, 6.07) is 10.4. The monoisotopic (exact) mass is 224 g/mol. The van der Waals surface area contributed by atoms with Crippen LogP contribution in [-0.4, -0.2) is 25.5 Å². The second kappa shape index (κ2) is 5.55. The van der Waals surface area contributed by atoms with Crippen LogP contribution in [0.4, 0.5) is 0 Å². The van der Waals surface area contributed by atoms with Crippen LogP contribution in [0.2, 0.25) is 0 Å². The van der Waals surface area contributed by atoms with Crippen molar-refractivity contribution in [2.45, 2.75) is 0 Å². The molecule has 1 aliphatic rings. The molecule has 0 aliphatic heterocycles. The first-order valence-corrected chi connectivity index (χ1v) is 5.88. The molecule has 0 heterocycles. The van der Waals surface area contributed by atoms with Crippen LogP contribution in [0.5, 0.6) is 0 Å². The maximum Gasteiger partial charge on any atom is 0.0147 e. The lowest BCUT2D eigenvalue weighted by molar-refractivity contribution is 0.448. The van der Waals surface area contributed by atoms with Crippen LogP contribution in [0, 0.1) is 6.42 Å². The van der Waals surface area contributed by atoms with Crippen LogP contribution in [0.3, 0.4) is 0 Å². The fraction of sp³-hybridized carbons (Fsp3) is 0.188. The maximum atomic E-state index is 2.19. The highest BCUT2D eigenvalue weighted by Gasteiger charge is 2.03. The fourth-order valence-corrected chi connectivity index (χ4v) is 1.87. The van der Waals surface area contributed by atoms with E-state index in [4.69, 9.17) is 0 Å². The van der Waals surface area contributed by atoms with Gasteiger partial charge in [0.05, 0.1) is 0 Å². The molecule has 0 spiro atoms. The van der Waals surface area contributed by atoms with Crippen LogP contribution >= 0.6 is 0 Å². The summed E-state index contributed by atoms with van der Waals surface area (Å²) >= 11 is 0. The molecule has 0 aromatic heterocycles. The molecule has 0 bridgehead atoms. The van der Waals surface area contributed by atoms with E-state index in [1.54, 1.807) is 0 Å². The molecule has 0 saturated carbocycles. The van der Waals surface area contributed by atoms with Crippen molar-refractivity contribution in [3.63, 3.8) is 0 Å². The molecule has 0 unspecified atom stereocenters. The van der Waals surface area contributed by atoms with Gasteiger partial charge in [0.2, 0.25) is 0 Å². The lowest BCUT2D eigenvalue weighted by Gasteiger charge is -2.15. The quantitative estimate of drug-likeness (QED) is 0.710. The van der Waals surface area contributed by atoms with Gasteiger partial charge in [0.25, 0.3) is 0 Å². The third-order valence-electron chi connectivity index (χ3n) is 2.69. The molecule has 0 radical (unpaired) electrons. The average molecular weight is 224 g/mol. The van der Waals surface area contributed by atoms with Crippen molar-refractivity contribution in [3.8, 4) is 0 Å². The maximum absolute atomic E-state index is 2.19. The Morgan fingerprint density at radius 2 is 1.94 bits per heavy atom. The third kappa shape index (κ3) is 3.36. The van der Waals surface area contributed by atoms with Crippen LogP contribution < -0.4 is 0 Å². The number of nitrogens with zero attached hydrogens (tertiary/aromatic N) is 1. The molecule has 1 heteroatoms. The SMILES string of the molecule is CN(C)CC1=CC=C/C1=C/[CH-]c1ccccc1. The normalized spacial score (nSPS) is 16.6.